The molecule has 0 aromatic carbocycles. The zero-order chi connectivity index (χ0) is 11.1. The molecule has 1 unspecified atom stereocenters. The van der Waals surface area contributed by atoms with Gasteiger partial charge in [-0.3, -0.25) is 4.79 Å². The van der Waals surface area contributed by atoms with E-state index in [1.54, 1.807) is 11.3 Å². The first-order valence-corrected chi connectivity index (χ1v) is 7.16. The maximum Gasteiger partial charge on any atom is 0.221 e. The van der Waals surface area contributed by atoms with Gasteiger partial charge < -0.3 is 5.32 Å². The Bertz CT molecular complexity index is 287. The quantitative estimate of drug-likeness (QED) is 0.798. The van der Waals surface area contributed by atoms with Gasteiger partial charge in [0.1, 0.15) is 0 Å². The van der Waals surface area contributed by atoms with E-state index in [2.05, 4.69) is 39.6 Å². The Labute approximate surface area is 103 Å². The van der Waals surface area contributed by atoms with Crippen molar-refractivity contribution in [2.75, 3.05) is 5.33 Å². The van der Waals surface area contributed by atoms with E-state index in [0.29, 0.717) is 6.42 Å². The largest absolute Gasteiger partial charge is 0.348 e. The van der Waals surface area contributed by atoms with Crippen molar-refractivity contribution in [1.82, 2.24) is 5.32 Å². The number of hydrogen-bond donors (Lipinski definition) is 1. The van der Waals surface area contributed by atoms with Crippen LogP contribution in [0.25, 0.3) is 0 Å². The van der Waals surface area contributed by atoms with Crippen molar-refractivity contribution in [1.29, 1.82) is 0 Å². The zero-order valence-corrected chi connectivity index (χ0v) is 11.2. The highest BCUT2D eigenvalue weighted by Crippen LogP contribution is 2.23. The molecule has 15 heavy (non-hydrogen) atoms. The molecule has 2 nitrogen and oxygen atoms in total. The molecule has 4 heteroatoms. The SMILES string of the molecule is CCCC(NC(=O)CCBr)c1cccs1. The van der Waals surface area contributed by atoms with Gasteiger partial charge in [-0.1, -0.05) is 35.3 Å². The van der Waals surface area contributed by atoms with E-state index in [1.807, 2.05) is 6.07 Å². The second-order valence-electron chi connectivity index (χ2n) is 3.36. The van der Waals surface area contributed by atoms with Crippen LogP contribution in [-0.4, -0.2) is 11.2 Å². The lowest BCUT2D eigenvalue weighted by Gasteiger charge is -2.16. The summed E-state index contributed by atoms with van der Waals surface area (Å²) in [6.45, 7) is 2.14. The molecule has 1 atom stereocenters. The molecular formula is C11H16BrNOS. The summed E-state index contributed by atoms with van der Waals surface area (Å²) < 4.78 is 0. The minimum atomic E-state index is 0.124. The summed E-state index contributed by atoms with van der Waals surface area (Å²) in [5, 5.41) is 5.84. The van der Waals surface area contributed by atoms with Crippen LogP contribution >= 0.6 is 27.3 Å². The third kappa shape index (κ3) is 4.34. The molecule has 1 aromatic rings. The number of carbonyl (C=O) groups excluding carboxylic acids is 1. The second-order valence-corrected chi connectivity index (χ2v) is 5.14. The molecular weight excluding hydrogens is 274 g/mol. The number of rotatable bonds is 6. The summed E-state index contributed by atoms with van der Waals surface area (Å²) in [7, 11) is 0. The van der Waals surface area contributed by atoms with Gasteiger partial charge in [0.25, 0.3) is 0 Å². The predicted octanol–water partition coefficient (Wildman–Crippen LogP) is 3.49. The molecule has 1 heterocycles. The standard InChI is InChI=1S/C11H16BrNOS/c1-2-4-9(10-5-3-8-15-10)13-11(14)6-7-12/h3,5,8-9H,2,4,6-7H2,1H3,(H,13,14). The monoisotopic (exact) mass is 289 g/mol. The minimum Gasteiger partial charge on any atom is -0.348 e. The Morgan fingerprint density at radius 3 is 3.00 bits per heavy atom. The number of amides is 1. The summed E-state index contributed by atoms with van der Waals surface area (Å²) in [6.07, 6.45) is 2.64. The van der Waals surface area contributed by atoms with Gasteiger partial charge >= 0.3 is 0 Å². The molecule has 0 aliphatic rings. The summed E-state index contributed by atoms with van der Waals surface area (Å²) in [4.78, 5) is 12.7. The Hall–Kier alpha value is -0.350. The van der Waals surface area contributed by atoms with Crippen LogP contribution in [0.3, 0.4) is 0 Å². The van der Waals surface area contributed by atoms with Crippen molar-refractivity contribution in [3.05, 3.63) is 22.4 Å². The van der Waals surface area contributed by atoms with Gasteiger partial charge in [0.2, 0.25) is 5.91 Å². The van der Waals surface area contributed by atoms with E-state index in [1.165, 1.54) is 4.88 Å². The van der Waals surface area contributed by atoms with E-state index in [0.717, 1.165) is 18.2 Å². The fourth-order valence-electron chi connectivity index (χ4n) is 1.42. The van der Waals surface area contributed by atoms with E-state index in [9.17, 15) is 4.79 Å². The molecule has 1 rings (SSSR count). The minimum absolute atomic E-state index is 0.124. The number of carbonyl (C=O) groups is 1. The number of hydrogen-bond acceptors (Lipinski definition) is 2. The van der Waals surface area contributed by atoms with Crippen molar-refractivity contribution >= 4 is 33.2 Å². The van der Waals surface area contributed by atoms with Crippen LogP contribution in [0.5, 0.6) is 0 Å². The number of halogens is 1. The molecule has 84 valence electrons. The zero-order valence-electron chi connectivity index (χ0n) is 8.83. The van der Waals surface area contributed by atoms with Crippen molar-refractivity contribution in [3.8, 4) is 0 Å². The van der Waals surface area contributed by atoms with E-state index >= 15 is 0 Å². The van der Waals surface area contributed by atoms with Crippen LogP contribution in [0.15, 0.2) is 17.5 Å². The van der Waals surface area contributed by atoms with Crippen molar-refractivity contribution in [2.24, 2.45) is 0 Å². The highest BCUT2D eigenvalue weighted by atomic mass is 79.9. The molecule has 0 aliphatic carbocycles. The molecule has 0 radical (unpaired) electrons. The number of nitrogens with one attached hydrogen (secondary N) is 1. The first-order chi connectivity index (χ1) is 7.27. The van der Waals surface area contributed by atoms with Crippen molar-refractivity contribution in [2.45, 2.75) is 32.2 Å². The molecule has 1 N–H and O–H groups in total. The van der Waals surface area contributed by atoms with Crippen LogP contribution < -0.4 is 5.32 Å². The van der Waals surface area contributed by atoms with E-state index in [-0.39, 0.29) is 11.9 Å². The predicted molar refractivity (Wildman–Crippen MR) is 68.5 cm³/mol. The van der Waals surface area contributed by atoms with Gasteiger partial charge in [-0.05, 0) is 17.9 Å². The fraction of sp³-hybridized carbons (Fsp3) is 0.545. The molecule has 0 fully saturated rings. The lowest BCUT2D eigenvalue weighted by Crippen LogP contribution is -2.27. The molecule has 1 amide bonds. The summed E-state index contributed by atoms with van der Waals surface area (Å²) in [5.74, 6) is 0.124. The molecule has 1 aromatic heterocycles. The maximum absolute atomic E-state index is 11.5. The number of alkyl halides is 1. The summed E-state index contributed by atoms with van der Waals surface area (Å²) in [5.41, 5.74) is 0. The van der Waals surface area contributed by atoms with Crippen LogP contribution in [0.1, 0.15) is 37.1 Å². The topological polar surface area (TPSA) is 29.1 Å². The summed E-state index contributed by atoms with van der Waals surface area (Å²) >= 11 is 4.97. The van der Waals surface area contributed by atoms with Gasteiger partial charge in [0.05, 0.1) is 6.04 Å². The molecule has 0 bridgehead atoms. The van der Waals surface area contributed by atoms with Crippen LogP contribution in [0, 0.1) is 0 Å². The second kappa shape index (κ2) is 7.01. The van der Waals surface area contributed by atoms with Gasteiger partial charge in [0, 0.05) is 16.6 Å². The van der Waals surface area contributed by atoms with Gasteiger partial charge in [-0.25, -0.2) is 0 Å². The maximum atomic E-state index is 11.5. The Morgan fingerprint density at radius 2 is 2.47 bits per heavy atom. The fourth-order valence-corrected chi connectivity index (χ4v) is 2.59. The van der Waals surface area contributed by atoms with Gasteiger partial charge in [0.15, 0.2) is 0 Å². The lowest BCUT2D eigenvalue weighted by atomic mass is 10.1. The van der Waals surface area contributed by atoms with Crippen LogP contribution in [0.4, 0.5) is 0 Å². The average Bonchev–Trinajstić information content (AvgIpc) is 2.70. The Balaban J connectivity index is 2.55. The average molecular weight is 290 g/mol. The first kappa shape index (κ1) is 12.7. The normalized spacial score (nSPS) is 12.4. The Kier molecular flexibility index (Phi) is 5.95. The van der Waals surface area contributed by atoms with Crippen molar-refractivity contribution in [3.63, 3.8) is 0 Å². The van der Waals surface area contributed by atoms with E-state index < -0.39 is 0 Å². The van der Waals surface area contributed by atoms with Crippen molar-refractivity contribution < 1.29 is 4.79 Å². The van der Waals surface area contributed by atoms with Gasteiger partial charge in [-0.2, -0.15) is 0 Å². The molecule has 0 aliphatic heterocycles. The molecule has 0 saturated heterocycles. The third-order valence-corrected chi connectivity index (χ3v) is 3.50. The highest BCUT2D eigenvalue weighted by Gasteiger charge is 2.13. The first-order valence-electron chi connectivity index (χ1n) is 5.16. The Morgan fingerprint density at radius 1 is 1.67 bits per heavy atom. The smallest absolute Gasteiger partial charge is 0.221 e. The molecule has 0 spiro atoms. The number of thiophene rings is 1. The third-order valence-electron chi connectivity index (χ3n) is 2.12. The summed E-state index contributed by atoms with van der Waals surface area (Å²) in [6, 6.07) is 4.31. The van der Waals surface area contributed by atoms with Crippen LogP contribution in [-0.2, 0) is 4.79 Å². The van der Waals surface area contributed by atoms with E-state index in [4.69, 9.17) is 0 Å². The van der Waals surface area contributed by atoms with Crippen LogP contribution in [0.2, 0.25) is 0 Å². The highest BCUT2D eigenvalue weighted by molar-refractivity contribution is 9.09. The lowest BCUT2D eigenvalue weighted by molar-refractivity contribution is -0.121. The van der Waals surface area contributed by atoms with Gasteiger partial charge in [-0.15, -0.1) is 11.3 Å². The molecule has 0 saturated carbocycles.